The van der Waals surface area contributed by atoms with Crippen molar-refractivity contribution in [2.75, 3.05) is 7.11 Å². The molecular formula is C14H14FNO2. The van der Waals surface area contributed by atoms with Gasteiger partial charge in [0.15, 0.2) is 0 Å². The third kappa shape index (κ3) is 2.59. The predicted molar refractivity (Wildman–Crippen MR) is 67.5 cm³/mol. The summed E-state index contributed by atoms with van der Waals surface area (Å²) < 4.78 is 20.1. The molecule has 1 aromatic carbocycles. The monoisotopic (exact) mass is 247 g/mol. The molecule has 0 spiro atoms. The smallest absolute Gasteiger partial charge is 0.251 e. The van der Waals surface area contributed by atoms with Gasteiger partial charge in [0, 0.05) is 23.9 Å². The van der Waals surface area contributed by atoms with Crippen LogP contribution in [0.2, 0.25) is 0 Å². The molecule has 0 aliphatic heterocycles. The molecule has 1 heterocycles. The number of aryl methyl sites for hydroxylation is 1. The van der Waals surface area contributed by atoms with E-state index in [4.69, 9.17) is 4.74 Å². The van der Waals surface area contributed by atoms with Gasteiger partial charge in [-0.05, 0) is 24.6 Å². The summed E-state index contributed by atoms with van der Waals surface area (Å²) in [4.78, 5) is 11.7. The van der Waals surface area contributed by atoms with Crippen LogP contribution in [0.1, 0.15) is 11.1 Å². The van der Waals surface area contributed by atoms with Gasteiger partial charge in [0.2, 0.25) is 0 Å². The molecule has 2 aromatic rings. The lowest BCUT2D eigenvalue weighted by atomic mass is 10.2. The van der Waals surface area contributed by atoms with Crippen LogP contribution in [-0.2, 0) is 6.54 Å². The van der Waals surface area contributed by atoms with E-state index in [2.05, 4.69) is 0 Å². The average molecular weight is 247 g/mol. The molecule has 0 aliphatic rings. The van der Waals surface area contributed by atoms with Crippen molar-refractivity contribution in [2.45, 2.75) is 13.5 Å². The van der Waals surface area contributed by atoms with Crippen molar-refractivity contribution in [3.63, 3.8) is 0 Å². The molecule has 94 valence electrons. The first-order valence-corrected chi connectivity index (χ1v) is 5.59. The Balaban J connectivity index is 2.31. The van der Waals surface area contributed by atoms with Gasteiger partial charge in [-0.2, -0.15) is 0 Å². The average Bonchev–Trinajstić information content (AvgIpc) is 2.34. The number of hydrogen-bond acceptors (Lipinski definition) is 2. The largest absolute Gasteiger partial charge is 0.497 e. The molecule has 0 N–H and O–H groups in total. The number of benzene rings is 1. The fourth-order valence-corrected chi connectivity index (χ4v) is 1.70. The molecule has 0 atom stereocenters. The van der Waals surface area contributed by atoms with Gasteiger partial charge in [-0.1, -0.05) is 6.07 Å². The summed E-state index contributed by atoms with van der Waals surface area (Å²) in [7, 11) is 1.49. The zero-order chi connectivity index (χ0) is 13.1. The maximum Gasteiger partial charge on any atom is 0.251 e. The highest BCUT2D eigenvalue weighted by atomic mass is 19.1. The Labute approximate surface area is 104 Å². The van der Waals surface area contributed by atoms with E-state index in [1.165, 1.54) is 23.8 Å². The first-order valence-electron chi connectivity index (χ1n) is 5.59. The number of nitrogens with zero attached hydrogens (tertiary/aromatic N) is 1. The molecule has 2 rings (SSSR count). The topological polar surface area (TPSA) is 31.2 Å². The van der Waals surface area contributed by atoms with E-state index >= 15 is 0 Å². The van der Waals surface area contributed by atoms with Crippen molar-refractivity contribution in [3.8, 4) is 5.75 Å². The summed E-state index contributed by atoms with van der Waals surface area (Å²) >= 11 is 0. The number of hydrogen-bond donors (Lipinski definition) is 0. The fourth-order valence-electron chi connectivity index (χ4n) is 1.70. The van der Waals surface area contributed by atoms with Crippen molar-refractivity contribution >= 4 is 0 Å². The fraction of sp³-hybridized carbons (Fsp3) is 0.214. The lowest BCUT2D eigenvalue weighted by Crippen LogP contribution is -2.19. The van der Waals surface area contributed by atoms with Crippen molar-refractivity contribution in [1.82, 2.24) is 4.57 Å². The van der Waals surface area contributed by atoms with Crippen LogP contribution in [0.5, 0.6) is 5.75 Å². The third-order valence-electron chi connectivity index (χ3n) is 2.75. The molecule has 0 unspecified atom stereocenters. The molecule has 0 saturated carbocycles. The Morgan fingerprint density at radius 3 is 2.67 bits per heavy atom. The van der Waals surface area contributed by atoms with Gasteiger partial charge in [0.25, 0.3) is 5.56 Å². The van der Waals surface area contributed by atoms with E-state index in [9.17, 15) is 9.18 Å². The maximum absolute atomic E-state index is 13.7. The van der Waals surface area contributed by atoms with Gasteiger partial charge in [-0.3, -0.25) is 4.79 Å². The number of halogens is 1. The second kappa shape index (κ2) is 5.04. The zero-order valence-electron chi connectivity index (χ0n) is 10.3. The number of ether oxygens (including phenoxy) is 1. The number of rotatable bonds is 3. The van der Waals surface area contributed by atoms with Crippen LogP contribution in [0.15, 0.2) is 41.3 Å². The Morgan fingerprint density at radius 2 is 2.06 bits per heavy atom. The highest BCUT2D eigenvalue weighted by molar-refractivity contribution is 5.29. The predicted octanol–water partition coefficient (Wildman–Crippen LogP) is 2.35. The van der Waals surface area contributed by atoms with E-state index in [0.29, 0.717) is 11.3 Å². The number of methoxy groups -OCH3 is 1. The normalized spacial score (nSPS) is 10.4. The van der Waals surface area contributed by atoms with Crippen molar-refractivity contribution in [1.29, 1.82) is 0 Å². The lowest BCUT2D eigenvalue weighted by Gasteiger charge is -2.08. The molecule has 0 amide bonds. The minimum absolute atomic E-state index is 0.134. The molecule has 3 nitrogen and oxygen atoms in total. The molecule has 1 aromatic heterocycles. The van der Waals surface area contributed by atoms with Crippen LogP contribution in [0.25, 0.3) is 0 Å². The van der Waals surface area contributed by atoms with E-state index in [-0.39, 0.29) is 17.9 Å². The molecule has 0 aliphatic carbocycles. The van der Waals surface area contributed by atoms with Gasteiger partial charge >= 0.3 is 0 Å². The van der Waals surface area contributed by atoms with Gasteiger partial charge in [-0.15, -0.1) is 0 Å². The Morgan fingerprint density at radius 1 is 1.28 bits per heavy atom. The number of aromatic nitrogens is 1. The highest BCUT2D eigenvalue weighted by Crippen LogP contribution is 2.16. The van der Waals surface area contributed by atoms with Crippen molar-refractivity contribution in [3.05, 3.63) is 63.8 Å². The van der Waals surface area contributed by atoms with E-state index in [1.807, 2.05) is 13.0 Å². The van der Waals surface area contributed by atoms with Gasteiger partial charge < -0.3 is 9.30 Å². The van der Waals surface area contributed by atoms with Crippen LogP contribution >= 0.6 is 0 Å². The molecule has 0 fully saturated rings. The van der Waals surface area contributed by atoms with Crippen LogP contribution in [0, 0.1) is 12.7 Å². The molecule has 18 heavy (non-hydrogen) atoms. The van der Waals surface area contributed by atoms with Crippen LogP contribution < -0.4 is 10.3 Å². The minimum atomic E-state index is -0.373. The van der Waals surface area contributed by atoms with Crippen LogP contribution in [0.3, 0.4) is 0 Å². The molecule has 4 heteroatoms. The minimum Gasteiger partial charge on any atom is -0.497 e. The van der Waals surface area contributed by atoms with E-state index < -0.39 is 0 Å². The summed E-state index contributed by atoms with van der Waals surface area (Å²) in [5.41, 5.74) is 1.22. The van der Waals surface area contributed by atoms with Crippen molar-refractivity contribution in [2.24, 2.45) is 0 Å². The summed E-state index contributed by atoms with van der Waals surface area (Å²) in [5, 5.41) is 0. The summed E-state index contributed by atoms with van der Waals surface area (Å²) in [6, 6.07) is 7.97. The number of pyridine rings is 1. The summed E-state index contributed by atoms with van der Waals surface area (Å²) in [6.45, 7) is 2.06. The standard InChI is InChI=1S/C14H14FNO2/c1-10-5-6-16(14(17)7-10)9-11-3-4-12(18-2)8-13(11)15/h3-8H,9H2,1-2H3. The first kappa shape index (κ1) is 12.4. The second-order valence-corrected chi connectivity index (χ2v) is 4.13. The van der Waals surface area contributed by atoms with Crippen LogP contribution in [0.4, 0.5) is 4.39 Å². The van der Waals surface area contributed by atoms with E-state index in [1.54, 1.807) is 18.3 Å². The zero-order valence-corrected chi connectivity index (χ0v) is 10.3. The van der Waals surface area contributed by atoms with Gasteiger partial charge in [0.05, 0.1) is 13.7 Å². The third-order valence-corrected chi connectivity index (χ3v) is 2.75. The molecule has 0 saturated heterocycles. The van der Waals surface area contributed by atoms with E-state index in [0.717, 1.165) is 5.56 Å². The van der Waals surface area contributed by atoms with Crippen molar-refractivity contribution < 1.29 is 9.13 Å². The maximum atomic E-state index is 13.7. The highest BCUT2D eigenvalue weighted by Gasteiger charge is 2.05. The Kier molecular flexibility index (Phi) is 3.46. The summed E-state index contributed by atoms with van der Waals surface area (Å²) in [5.74, 6) is 0.0920. The molecular weight excluding hydrogens is 233 g/mol. The molecule has 0 radical (unpaired) electrons. The summed E-state index contributed by atoms with van der Waals surface area (Å²) in [6.07, 6.45) is 1.67. The Bertz CT molecular complexity index is 619. The van der Waals surface area contributed by atoms with Crippen LogP contribution in [-0.4, -0.2) is 11.7 Å². The molecule has 0 bridgehead atoms. The first-order chi connectivity index (χ1) is 8.60. The van der Waals surface area contributed by atoms with Gasteiger partial charge in [0.1, 0.15) is 11.6 Å². The second-order valence-electron chi connectivity index (χ2n) is 4.13. The lowest BCUT2D eigenvalue weighted by molar-refractivity contribution is 0.410. The van der Waals surface area contributed by atoms with Gasteiger partial charge in [-0.25, -0.2) is 4.39 Å². The Hall–Kier alpha value is -2.10. The SMILES string of the molecule is COc1ccc(Cn2ccc(C)cc2=O)c(F)c1. The quantitative estimate of drug-likeness (QED) is 0.833.